The van der Waals surface area contributed by atoms with Gasteiger partial charge >= 0.3 is 0 Å². The molecule has 0 aliphatic heterocycles. The van der Waals surface area contributed by atoms with Crippen LogP contribution < -0.4 is 5.09 Å². The molecule has 3 atom stereocenters. The van der Waals surface area contributed by atoms with E-state index < -0.39 is 0 Å². The number of nitrogens with one attached hydrogen (secondary N) is 1. The van der Waals surface area contributed by atoms with Gasteiger partial charge in [0.1, 0.15) is 0 Å². The minimum atomic E-state index is -0.252. The summed E-state index contributed by atoms with van der Waals surface area (Å²) in [5.41, 5.74) is 0. The van der Waals surface area contributed by atoms with Gasteiger partial charge in [-0.25, -0.2) is 0 Å². The minimum absolute atomic E-state index is 0.222. The Morgan fingerprint density at radius 1 is 1.75 bits per heavy atom. The van der Waals surface area contributed by atoms with Crippen molar-refractivity contribution in [3.8, 4) is 0 Å². The largest absolute Gasteiger partial charge is 0.392 e. The van der Waals surface area contributed by atoms with Crippen LogP contribution in [0.3, 0.4) is 0 Å². The summed E-state index contributed by atoms with van der Waals surface area (Å²) in [4.78, 5) is 0. The summed E-state index contributed by atoms with van der Waals surface area (Å²) in [5, 5.41) is 11.9. The number of aliphatic hydroxyl groups is 1. The van der Waals surface area contributed by atoms with E-state index in [1.165, 1.54) is 0 Å². The van der Waals surface area contributed by atoms with E-state index in [4.69, 9.17) is 5.11 Å². The van der Waals surface area contributed by atoms with Gasteiger partial charge in [0.05, 0.1) is 6.10 Å². The Morgan fingerprint density at radius 2 is 2.25 bits per heavy atom. The first-order valence-electron chi connectivity index (χ1n) is 2.86. The van der Waals surface area contributed by atoms with Crippen LogP contribution in [-0.4, -0.2) is 17.3 Å². The first-order valence-corrected chi connectivity index (χ1v) is 3.44. The van der Waals surface area contributed by atoms with E-state index in [0.717, 1.165) is 6.42 Å². The van der Waals surface area contributed by atoms with E-state index in [1.54, 1.807) is 6.92 Å². The Morgan fingerprint density at radius 3 is 2.25 bits per heavy atom. The lowest BCUT2D eigenvalue weighted by Crippen LogP contribution is -2.31. The van der Waals surface area contributed by atoms with Gasteiger partial charge in [-0.2, -0.15) is 0 Å². The fourth-order valence-corrected chi connectivity index (χ4v) is 1.11. The van der Waals surface area contributed by atoms with Crippen LogP contribution in [0.5, 0.6) is 0 Å². The summed E-state index contributed by atoms with van der Waals surface area (Å²) >= 11 is 0. The third-order valence-corrected chi connectivity index (χ3v) is 1.66. The van der Waals surface area contributed by atoms with Crippen LogP contribution in [0.2, 0.25) is 0 Å². The summed E-state index contributed by atoms with van der Waals surface area (Å²) in [6.45, 7) is 3.82. The lowest BCUT2D eigenvalue weighted by Gasteiger charge is -2.15. The molecule has 3 heteroatoms. The SMILES string of the molecule is CC[C@H](NP)[C@@H](C)O. The second kappa shape index (κ2) is 4.25. The first kappa shape index (κ1) is 8.35. The van der Waals surface area contributed by atoms with Crippen molar-refractivity contribution in [2.45, 2.75) is 32.4 Å². The van der Waals surface area contributed by atoms with Crippen LogP contribution in [-0.2, 0) is 0 Å². The first-order chi connectivity index (χ1) is 3.72. The number of rotatable bonds is 3. The lowest BCUT2D eigenvalue weighted by atomic mass is 10.1. The second-order valence-electron chi connectivity index (χ2n) is 1.92. The average molecular weight is 135 g/mol. The number of hydrogen-bond acceptors (Lipinski definition) is 2. The summed E-state index contributed by atoms with van der Waals surface area (Å²) < 4.78 is 0. The van der Waals surface area contributed by atoms with Crippen LogP contribution >= 0.6 is 9.39 Å². The molecule has 0 aromatic rings. The molecule has 0 bridgehead atoms. The normalized spacial score (nSPS) is 18.0. The van der Waals surface area contributed by atoms with Crippen LogP contribution in [0.1, 0.15) is 20.3 Å². The van der Waals surface area contributed by atoms with Gasteiger partial charge in [0, 0.05) is 6.04 Å². The molecular formula is C5H14NOP. The molecule has 2 nitrogen and oxygen atoms in total. The molecule has 0 saturated heterocycles. The van der Waals surface area contributed by atoms with E-state index in [0.29, 0.717) is 0 Å². The smallest absolute Gasteiger partial charge is 0.0667 e. The van der Waals surface area contributed by atoms with Crippen molar-refractivity contribution in [3.05, 3.63) is 0 Å². The Bertz CT molecular complexity index is 54.4. The number of aliphatic hydroxyl groups excluding tert-OH is 1. The highest BCUT2D eigenvalue weighted by Crippen LogP contribution is 1.98. The molecule has 0 aliphatic rings. The van der Waals surface area contributed by atoms with Crippen molar-refractivity contribution in [3.63, 3.8) is 0 Å². The van der Waals surface area contributed by atoms with Gasteiger partial charge in [-0.3, -0.25) is 5.09 Å². The third-order valence-electron chi connectivity index (χ3n) is 1.24. The minimum Gasteiger partial charge on any atom is -0.392 e. The summed E-state index contributed by atoms with van der Waals surface area (Å²) in [6, 6.07) is 0.222. The molecule has 0 heterocycles. The molecule has 0 radical (unpaired) electrons. The molecule has 0 aliphatic carbocycles. The van der Waals surface area contributed by atoms with Crippen LogP contribution in [0, 0.1) is 0 Å². The highest BCUT2D eigenvalue weighted by Gasteiger charge is 2.07. The zero-order chi connectivity index (χ0) is 6.57. The average Bonchev–Trinajstić information content (AvgIpc) is 1.69. The van der Waals surface area contributed by atoms with Crippen LogP contribution in [0.15, 0.2) is 0 Å². The Kier molecular flexibility index (Phi) is 4.44. The molecular weight excluding hydrogens is 121 g/mol. The van der Waals surface area contributed by atoms with Gasteiger partial charge in [0.25, 0.3) is 0 Å². The van der Waals surface area contributed by atoms with Crippen molar-refractivity contribution in [1.29, 1.82) is 0 Å². The Labute approximate surface area is 52.9 Å². The molecule has 1 unspecified atom stereocenters. The van der Waals surface area contributed by atoms with Crippen molar-refractivity contribution in [2.24, 2.45) is 0 Å². The fraction of sp³-hybridized carbons (Fsp3) is 1.00. The molecule has 0 aromatic heterocycles. The van der Waals surface area contributed by atoms with Crippen molar-refractivity contribution in [2.75, 3.05) is 0 Å². The molecule has 0 fully saturated rings. The third kappa shape index (κ3) is 2.61. The van der Waals surface area contributed by atoms with Crippen LogP contribution in [0.25, 0.3) is 0 Å². The predicted molar refractivity (Wildman–Crippen MR) is 38.6 cm³/mol. The van der Waals surface area contributed by atoms with Gasteiger partial charge in [-0.05, 0) is 13.3 Å². The topological polar surface area (TPSA) is 32.3 Å². The zero-order valence-corrected chi connectivity index (χ0v) is 6.54. The van der Waals surface area contributed by atoms with Gasteiger partial charge < -0.3 is 5.11 Å². The van der Waals surface area contributed by atoms with Gasteiger partial charge in [0.2, 0.25) is 0 Å². The molecule has 2 N–H and O–H groups in total. The zero-order valence-electron chi connectivity index (χ0n) is 5.39. The maximum absolute atomic E-state index is 8.94. The van der Waals surface area contributed by atoms with Crippen LogP contribution in [0.4, 0.5) is 0 Å². The van der Waals surface area contributed by atoms with Gasteiger partial charge in [0.15, 0.2) is 0 Å². The Hall–Kier alpha value is 0.350. The van der Waals surface area contributed by atoms with Crippen molar-refractivity contribution in [1.82, 2.24) is 5.09 Å². The number of hydrogen-bond donors (Lipinski definition) is 2. The quantitative estimate of drug-likeness (QED) is 0.553. The molecule has 0 saturated carbocycles. The molecule has 0 amide bonds. The van der Waals surface area contributed by atoms with Gasteiger partial charge in [-0.1, -0.05) is 16.3 Å². The van der Waals surface area contributed by atoms with E-state index in [-0.39, 0.29) is 12.1 Å². The predicted octanol–water partition coefficient (Wildman–Crippen LogP) is 0.525. The van der Waals surface area contributed by atoms with E-state index in [1.807, 2.05) is 6.92 Å². The summed E-state index contributed by atoms with van der Waals surface area (Å²) in [6.07, 6.45) is 0.707. The van der Waals surface area contributed by atoms with E-state index in [2.05, 4.69) is 14.5 Å². The standard InChI is InChI=1S/C5H14NOP/c1-3-5(6-8)4(2)7/h4-7H,3,8H2,1-2H3/t4-,5+/m1/s1. The van der Waals surface area contributed by atoms with Crippen molar-refractivity contribution >= 4 is 9.39 Å². The molecule has 50 valence electrons. The maximum Gasteiger partial charge on any atom is 0.0667 e. The van der Waals surface area contributed by atoms with Crippen molar-refractivity contribution < 1.29 is 5.11 Å². The van der Waals surface area contributed by atoms with Gasteiger partial charge in [-0.15, -0.1) is 0 Å². The summed E-state index contributed by atoms with van der Waals surface area (Å²) in [5.74, 6) is 0. The monoisotopic (exact) mass is 135 g/mol. The lowest BCUT2D eigenvalue weighted by molar-refractivity contribution is 0.155. The summed E-state index contributed by atoms with van der Waals surface area (Å²) in [7, 11) is 2.40. The van der Waals surface area contributed by atoms with E-state index >= 15 is 0 Å². The molecule has 8 heavy (non-hydrogen) atoms. The highest BCUT2D eigenvalue weighted by atomic mass is 31.0. The molecule has 0 aromatic carbocycles. The molecule has 0 spiro atoms. The maximum atomic E-state index is 8.94. The molecule has 0 rings (SSSR count). The highest BCUT2D eigenvalue weighted by molar-refractivity contribution is 7.13. The fourth-order valence-electron chi connectivity index (χ4n) is 0.598. The van der Waals surface area contributed by atoms with E-state index in [9.17, 15) is 0 Å². The second-order valence-corrected chi connectivity index (χ2v) is 2.26. The Balaban J connectivity index is 3.35.